The molecule has 4 heterocycles. The molecule has 0 bridgehead atoms. The Kier molecular flexibility index (Phi) is 10.8. The third kappa shape index (κ3) is 8.30. The van der Waals surface area contributed by atoms with E-state index in [0.717, 1.165) is 12.8 Å². The van der Waals surface area contributed by atoms with Crippen LogP contribution in [0.15, 0.2) is 31.6 Å². The van der Waals surface area contributed by atoms with Crippen LogP contribution in [-0.4, -0.2) is 70.9 Å². The van der Waals surface area contributed by atoms with Crippen molar-refractivity contribution in [1.29, 1.82) is 0 Å². The average molecular weight is 763 g/mol. The molecule has 2 saturated heterocycles. The fourth-order valence-corrected chi connectivity index (χ4v) is 9.20. The zero-order valence-corrected chi connectivity index (χ0v) is 35.5. The molecule has 6 atom stereocenters. The number of aromatic nitrogens is 4. The average Bonchev–Trinajstić information content (AvgIpc) is 3.83. The maximum Gasteiger partial charge on any atom is 0.330 e. The molecule has 4 fully saturated rings. The van der Waals surface area contributed by atoms with Crippen molar-refractivity contribution >= 4 is 16.6 Å². The van der Waals surface area contributed by atoms with Crippen LogP contribution >= 0.6 is 0 Å². The summed E-state index contributed by atoms with van der Waals surface area (Å²) in [7, 11) is -4.01. The zero-order chi connectivity index (χ0) is 39.0. The number of hydrogen-bond donors (Lipinski definition) is 3. The molecule has 0 aromatic carbocycles. The van der Waals surface area contributed by atoms with Crippen LogP contribution in [0.4, 0.5) is 0 Å². The highest BCUT2D eigenvalue weighted by atomic mass is 28.4. The molecule has 52 heavy (non-hydrogen) atoms. The third-order valence-electron chi connectivity index (χ3n) is 12.6. The Morgan fingerprint density at radius 1 is 0.712 bits per heavy atom. The van der Waals surface area contributed by atoms with Crippen molar-refractivity contribution < 1.29 is 23.4 Å². The van der Waals surface area contributed by atoms with E-state index in [2.05, 4.69) is 84.6 Å². The molecule has 2 aliphatic heterocycles. The van der Waals surface area contributed by atoms with Gasteiger partial charge in [-0.1, -0.05) is 48.5 Å². The SMILES string of the molecule is Cc1cn([C@H]2CC(O[Si](C)(C)C(C)(C)C)[C@@H](C3(C)CC3)O2)c(=O)[nH]c1=O.Cc1cn([C@H]2CC(O[Si](C)(C)C(C)(C)C)[C@@H](C3(O)CC3)O2)c(=O)[nH]c1=O. The highest BCUT2D eigenvalue weighted by Crippen LogP contribution is 2.56. The number of aliphatic hydroxyl groups is 1. The summed E-state index contributed by atoms with van der Waals surface area (Å²) >= 11 is 0. The highest BCUT2D eigenvalue weighted by Gasteiger charge is 2.58. The van der Waals surface area contributed by atoms with Crippen LogP contribution < -0.4 is 22.5 Å². The van der Waals surface area contributed by atoms with Gasteiger partial charge in [-0.3, -0.25) is 28.7 Å². The van der Waals surface area contributed by atoms with E-state index >= 15 is 0 Å². The predicted octanol–water partition coefficient (Wildman–Crippen LogP) is 5.37. The molecular formula is C37H62N4O9Si2. The number of rotatable bonds is 8. The van der Waals surface area contributed by atoms with Gasteiger partial charge in [-0.05, 0) is 81.2 Å². The van der Waals surface area contributed by atoms with Crippen molar-refractivity contribution in [3.05, 3.63) is 65.2 Å². The summed E-state index contributed by atoms with van der Waals surface area (Å²) in [5, 5.41) is 10.8. The van der Waals surface area contributed by atoms with E-state index < -0.39 is 57.7 Å². The van der Waals surface area contributed by atoms with E-state index in [0.29, 0.717) is 36.8 Å². The van der Waals surface area contributed by atoms with Crippen LogP contribution in [0.5, 0.6) is 0 Å². The van der Waals surface area contributed by atoms with E-state index in [-0.39, 0.29) is 39.4 Å². The maximum absolute atomic E-state index is 12.3. The number of hydrogen-bond acceptors (Lipinski definition) is 9. The minimum absolute atomic E-state index is 0.0132. The molecule has 0 radical (unpaired) electrons. The van der Waals surface area contributed by atoms with Crippen molar-refractivity contribution in [2.75, 3.05) is 0 Å². The third-order valence-corrected chi connectivity index (χ3v) is 21.6. The lowest BCUT2D eigenvalue weighted by Gasteiger charge is -2.40. The van der Waals surface area contributed by atoms with Gasteiger partial charge in [-0.25, -0.2) is 9.59 Å². The van der Waals surface area contributed by atoms with Crippen molar-refractivity contribution in [2.24, 2.45) is 5.41 Å². The molecule has 6 rings (SSSR count). The first-order valence-corrected chi connectivity index (χ1v) is 24.5. The van der Waals surface area contributed by atoms with Gasteiger partial charge in [-0.2, -0.15) is 0 Å². The first-order chi connectivity index (χ1) is 23.7. The first kappa shape index (κ1) is 40.8. The Morgan fingerprint density at radius 3 is 1.42 bits per heavy atom. The predicted molar refractivity (Wildman–Crippen MR) is 205 cm³/mol. The van der Waals surface area contributed by atoms with Crippen molar-refractivity contribution in [3.8, 4) is 0 Å². The quantitative estimate of drug-likeness (QED) is 0.300. The van der Waals surface area contributed by atoms with Gasteiger partial charge in [0.2, 0.25) is 0 Å². The monoisotopic (exact) mass is 762 g/mol. The summed E-state index contributed by atoms with van der Waals surface area (Å²) < 4.78 is 28.7. The molecule has 292 valence electrons. The Balaban J connectivity index is 0.000000201. The summed E-state index contributed by atoms with van der Waals surface area (Å²) in [5.74, 6) is 0. The Hall–Kier alpha value is -2.41. The fraction of sp³-hybridized carbons (Fsp3) is 0.784. The van der Waals surface area contributed by atoms with E-state index in [9.17, 15) is 24.3 Å². The van der Waals surface area contributed by atoms with Crippen LogP contribution in [0.25, 0.3) is 0 Å². The molecule has 2 aromatic rings. The number of ether oxygens (including phenoxy) is 2. The van der Waals surface area contributed by atoms with Gasteiger partial charge >= 0.3 is 11.4 Å². The second-order valence-electron chi connectivity index (χ2n) is 19.0. The number of aromatic amines is 2. The summed E-state index contributed by atoms with van der Waals surface area (Å²) in [5.41, 5.74) is -1.44. The summed E-state index contributed by atoms with van der Waals surface area (Å²) in [6.45, 7) is 27.6. The second kappa shape index (κ2) is 13.7. The van der Waals surface area contributed by atoms with Gasteiger partial charge in [0, 0.05) is 36.4 Å². The molecule has 3 N–H and O–H groups in total. The Morgan fingerprint density at radius 2 is 1.08 bits per heavy atom. The molecule has 2 saturated carbocycles. The Labute approximate surface area is 308 Å². The number of nitrogens with zero attached hydrogens (tertiary/aromatic N) is 2. The number of H-pyrrole nitrogens is 2. The van der Waals surface area contributed by atoms with Crippen LogP contribution in [0.3, 0.4) is 0 Å². The van der Waals surface area contributed by atoms with Gasteiger partial charge in [0.05, 0.1) is 23.9 Å². The number of nitrogens with one attached hydrogen (secondary N) is 2. The number of aryl methyl sites for hydroxylation is 2. The first-order valence-electron chi connectivity index (χ1n) is 18.7. The van der Waals surface area contributed by atoms with Crippen LogP contribution in [0.2, 0.25) is 36.3 Å². The lowest BCUT2D eigenvalue weighted by molar-refractivity contribution is -0.0931. The van der Waals surface area contributed by atoms with E-state index in [1.165, 1.54) is 15.3 Å². The van der Waals surface area contributed by atoms with Gasteiger partial charge in [-0.15, -0.1) is 0 Å². The molecule has 15 heteroatoms. The molecule has 4 aliphatic rings. The minimum atomic E-state index is -2.06. The standard InChI is InChI=1S/C19H32N2O4Si.C18H30N2O5Si/c1-12-11-21(17(23)20-16(12)22)14-10-13(15(24-14)19(5)8-9-19)25-26(6,7)18(2,3)4;1-11-10-20(16(22)19-15(11)21)13-9-12(14(24-13)18(23)7-8-18)25-26(5,6)17(2,3)4/h11,13-15H,8-10H2,1-7H3,(H,20,22,23);10,12-14,23H,7-9H2,1-6H3,(H,19,21,22)/t13?,14-,15+;12?,13-,14+/m11/s1. The topological polar surface area (TPSA) is 167 Å². The fourth-order valence-electron chi connectivity index (χ4n) is 6.54. The largest absolute Gasteiger partial charge is 0.411 e. The maximum atomic E-state index is 12.3. The summed E-state index contributed by atoms with van der Waals surface area (Å²) in [4.78, 5) is 52.5. The van der Waals surface area contributed by atoms with Crippen molar-refractivity contribution in [2.45, 2.75) is 180 Å². The van der Waals surface area contributed by atoms with E-state index in [1.807, 2.05) is 0 Å². The van der Waals surface area contributed by atoms with Gasteiger partial charge < -0.3 is 23.4 Å². The molecule has 0 spiro atoms. The second-order valence-corrected chi connectivity index (χ2v) is 28.6. The zero-order valence-electron chi connectivity index (χ0n) is 33.5. The summed E-state index contributed by atoms with van der Waals surface area (Å²) in [6.07, 6.45) is 6.15. The minimum Gasteiger partial charge on any atom is -0.411 e. The van der Waals surface area contributed by atoms with Gasteiger partial charge in [0.25, 0.3) is 11.1 Å². The van der Waals surface area contributed by atoms with Crippen molar-refractivity contribution in [3.63, 3.8) is 0 Å². The summed E-state index contributed by atoms with van der Waals surface area (Å²) in [6, 6.07) is 0. The molecular weight excluding hydrogens is 701 g/mol. The van der Waals surface area contributed by atoms with E-state index in [1.54, 1.807) is 20.0 Å². The van der Waals surface area contributed by atoms with Crippen molar-refractivity contribution in [1.82, 2.24) is 19.1 Å². The van der Waals surface area contributed by atoms with Crippen LogP contribution in [0, 0.1) is 19.3 Å². The molecule has 2 aromatic heterocycles. The molecule has 13 nitrogen and oxygen atoms in total. The molecule has 2 unspecified atom stereocenters. The Bertz CT molecular complexity index is 1740. The smallest absolute Gasteiger partial charge is 0.330 e. The van der Waals surface area contributed by atoms with Crippen LogP contribution in [0.1, 0.15) is 111 Å². The van der Waals surface area contributed by atoms with E-state index in [4.69, 9.17) is 18.3 Å². The van der Waals surface area contributed by atoms with Crippen LogP contribution in [-0.2, 0) is 18.3 Å². The highest BCUT2D eigenvalue weighted by molar-refractivity contribution is 6.74. The molecule has 2 aliphatic carbocycles. The normalized spacial score (nSPS) is 28.3. The van der Waals surface area contributed by atoms with Gasteiger partial charge in [0.15, 0.2) is 16.6 Å². The van der Waals surface area contributed by atoms with Gasteiger partial charge in [0.1, 0.15) is 18.6 Å². The lowest BCUT2D eigenvalue weighted by atomic mass is 9.97. The molecule has 0 amide bonds. The lowest BCUT2D eigenvalue weighted by Crippen LogP contribution is -2.48.